The maximum atomic E-state index is 2.46. The molecule has 0 spiro atoms. The number of para-hydroxylation sites is 1. The summed E-state index contributed by atoms with van der Waals surface area (Å²) >= 11 is 2.46. The summed E-state index contributed by atoms with van der Waals surface area (Å²) in [5, 5.41) is 2.70. The maximum Gasteiger partial charge on any atom is 0.0646 e. The van der Waals surface area contributed by atoms with E-state index < -0.39 is 0 Å². The summed E-state index contributed by atoms with van der Waals surface area (Å²) in [6, 6.07) is 22.1. The minimum Gasteiger partial charge on any atom is -0.281 e. The van der Waals surface area contributed by atoms with Crippen molar-refractivity contribution in [2.24, 2.45) is 0 Å². The van der Waals surface area contributed by atoms with Crippen molar-refractivity contribution in [1.29, 1.82) is 0 Å². The van der Waals surface area contributed by atoms with Crippen LogP contribution in [-0.4, -0.2) is 2.78 Å². The first-order valence-corrected chi connectivity index (χ1v) is 8.90. The molecule has 1 aromatic heterocycles. The summed E-state index contributed by atoms with van der Waals surface area (Å²) in [7, 11) is 0. The molecule has 1 aliphatic rings. The molecule has 5 rings (SSSR count). The zero-order valence-corrected chi connectivity index (χ0v) is 15.3. The Labute approximate surface area is 149 Å². The van der Waals surface area contributed by atoms with Gasteiger partial charge in [0.1, 0.15) is 0 Å². The Morgan fingerprint density at radius 2 is 1.52 bits per heavy atom. The van der Waals surface area contributed by atoms with Gasteiger partial charge in [-0.15, -0.1) is 0 Å². The minimum atomic E-state index is 0.0305. The van der Waals surface area contributed by atoms with Gasteiger partial charge < -0.3 is 0 Å². The van der Waals surface area contributed by atoms with Crippen LogP contribution in [0.5, 0.6) is 0 Å². The van der Waals surface area contributed by atoms with E-state index in [-0.39, 0.29) is 5.41 Å². The monoisotopic (exact) mass is 409 g/mol. The maximum absolute atomic E-state index is 2.46. The van der Waals surface area contributed by atoms with E-state index >= 15 is 0 Å². The van der Waals surface area contributed by atoms with E-state index in [0.717, 1.165) is 0 Å². The van der Waals surface area contributed by atoms with Gasteiger partial charge in [-0.3, -0.25) is 2.78 Å². The number of rotatable bonds is 0. The molecule has 112 valence electrons. The van der Waals surface area contributed by atoms with Crippen molar-refractivity contribution in [2.45, 2.75) is 19.3 Å². The van der Waals surface area contributed by atoms with Gasteiger partial charge >= 0.3 is 0 Å². The predicted octanol–water partition coefficient (Wildman–Crippen LogP) is 6.30. The molecule has 1 aliphatic carbocycles. The second-order valence-corrected chi connectivity index (χ2v) is 7.82. The van der Waals surface area contributed by atoms with Crippen LogP contribution in [0.15, 0.2) is 60.7 Å². The molecule has 4 aromatic rings. The highest BCUT2D eigenvalue weighted by molar-refractivity contribution is 14.1. The Morgan fingerprint density at radius 1 is 0.783 bits per heavy atom. The number of aromatic nitrogens is 1. The normalized spacial score (nSPS) is 15.1. The van der Waals surface area contributed by atoms with Crippen molar-refractivity contribution in [3.8, 4) is 11.1 Å². The lowest BCUT2D eigenvalue weighted by atomic mass is 9.81. The van der Waals surface area contributed by atoms with Crippen molar-refractivity contribution < 1.29 is 0 Å². The largest absolute Gasteiger partial charge is 0.281 e. The summed E-state index contributed by atoms with van der Waals surface area (Å²) in [6.45, 7) is 4.71. The number of halogens is 1. The van der Waals surface area contributed by atoms with Crippen LogP contribution in [0, 0.1) is 0 Å². The van der Waals surface area contributed by atoms with Gasteiger partial charge in [0, 0.05) is 16.2 Å². The second kappa shape index (κ2) is 4.38. The lowest BCUT2D eigenvalue weighted by Gasteiger charge is -2.22. The number of hydrogen-bond donors (Lipinski definition) is 0. The van der Waals surface area contributed by atoms with Crippen LogP contribution in [0.3, 0.4) is 0 Å². The van der Waals surface area contributed by atoms with Gasteiger partial charge in [-0.25, -0.2) is 0 Å². The van der Waals surface area contributed by atoms with E-state index in [4.69, 9.17) is 0 Å². The SMILES string of the molecule is CC1(C)c2ccccc2-c2ccc3c4ccccc4n(I)c3c21. The lowest BCUT2D eigenvalue weighted by Crippen LogP contribution is -2.15. The molecule has 1 nitrogen and oxygen atoms in total. The topological polar surface area (TPSA) is 4.93 Å². The fraction of sp³-hybridized carbons (Fsp3) is 0.143. The lowest BCUT2D eigenvalue weighted by molar-refractivity contribution is 0.665. The van der Waals surface area contributed by atoms with Crippen LogP contribution < -0.4 is 0 Å². The van der Waals surface area contributed by atoms with Gasteiger partial charge in [-0.2, -0.15) is 0 Å². The van der Waals surface area contributed by atoms with E-state index in [9.17, 15) is 0 Å². The van der Waals surface area contributed by atoms with Crippen molar-refractivity contribution in [3.63, 3.8) is 0 Å². The third kappa shape index (κ3) is 1.57. The van der Waals surface area contributed by atoms with E-state index in [1.165, 1.54) is 44.1 Å². The zero-order chi connectivity index (χ0) is 15.8. The fourth-order valence-electron chi connectivity index (χ4n) is 4.26. The van der Waals surface area contributed by atoms with E-state index in [0.29, 0.717) is 0 Å². The van der Waals surface area contributed by atoms with Gasteiger partial charge in [-0.05, 0) is 28.3 Å². The number of nitrogens with zero attached hydrogens (tertiary/aromatic N) is 1. The first-order chi connectivity index (χ1) is 11.1. The van der Waals surface area contributed by atoms with Gasteiger partial charge in [0.05, 0.1) is 33.9 Å². The first kappa shape index (κ1) is 13.6. The van der Waals surface area contributed by atoms with Crippen molar-refractivity contribution >= 4 is 44.7 Å². The van der Waals surface area contributed by atoms with Crippen LogP contribution in [-0.2, 0) is 5.41 Å². The molecular formula is C21H16IN. The molecule has 0 bridgehead atoms. The Balaban J connectivity index is 2.04. The predicted molar refractivity (Wildman–Crippen MR) is 106 cm³/mol. The molecule has 2 heteroatoms. The average molecular weight is 409 g/mol. The van der Waals surface area contributed by atoms with Crippen LogP contribution >= 0.6 is 22.9 Å². The number of benzene rings is 3. The van der Waals surface area contributed by atoms with Crippen LogP contribution in [0.4, 0.5) is 0 Å². The molecule has 0 aliphatic heterocycles. The second-order valence-electron chi connectivity index (χ2n) is 6.85. The standard InChI is InChI=1S/C21H16IN/c1-21(2)17-9-5-3-7-13(17)15-11-12-16-14-8-4-6-10-18(14)23(22)20(16)19(15)21/h3-12H,1-2H3. The zero-order valence-electron chi connectivity index (χ0n) is 13.1. The molecule has 0 atom stereocenters. The van der Waals surface area contributed by atoms with Crippen molar-refractivity contribution in [1.82, 2.24) is 2.78 Å². The molecule has 0 saturated heterocycles. The third-order valence-corrected chi connectivity index (χ3v) is 6.30. The Hall–Kier alpha value is -1.81. The fourth-order valence-corrected chi connectivity index (χ4v) is 5.18. The van der Waals surface area contributed by atoms with Gasteiger partial charge in [0.15, 0.2) is 0 Å². The quantitative estimate of drug-likeness (QED) is 0.301. The molecule has 0 radical (unpaired) electrons. The summed E-state index contributed by atoms with van der Waals surface area (Å²) < 4.78 is 2.34. The van der Waals surface area contributed by atoms with Crippen LogP contribution in [0.2, 0.25) is 0 Å². The Morgan fingerprint density at radius 3 is 2.39 bits per heavy atom. The average Bonchev–Trinajstić information content (AvgIpc) is 2.99. The van der Waals surface area contributed by atoms with Crippen molar-refractivity contribution in [2.75, 3.05) is 0 Å². The molecule has 0 saturated carbocycles. The molecule has 1 heterocycles. The number of hydrogen-bond acceptors (Lipinski definition) is 0. The summed E-state index contributed by atoms with van der Waals surface area (Å²) in [5.74, 6) is 0. The first-order valence-electron chi connectivity index (χ1n) is 7.93. The van der Waals surface area contributed by atoms with Gasteiger partial charge in [-0.1, -0.05) is 68.4 Å². The highest BCUT2D eigenvalue weighted by Gasteiger charge is 2.37. The summed E-state index contributed by atoms with van der Waals surface area (Å²) in [4.78, 5) is 0. The van der Waals surface area contributed by atoms with E-state index in [2.05, 4.69) is 100 Å². The van der Waals surface area contributed by atoms with Gasteiger partial charge in [0.25, 0.3) is 0 Å². The Kier molecular flexibility index (Phi) is 2.59. The smallest absolute Gasteiger partial charge is 0.0646 e. The van der Waals surface area contributed by atoms with Crippen molar-refractivity contribution in [3.05, 3.63) is 71.8 Å². The van der Waals surface area contributed by atoms with Crippen LogP contribution in [0.25, 0.3) is 32.9 Å². The van der Waals surface area contributed by atoms with Gasteiger partial charge in [0.2, 0.25) is 0 Å². The summed E-state index contributed by atoms with van der Waals surface area (Å²) in [5.41, 5.74) is 8.36. The van der Waals surface area contributed by atoms with E-state index in [1.807, 2.05) is 0 Å². The molecule has 0 amide bonds. The van der Waals surface area contributed by atoms with E-state index in [1.54, 1.807) is 0 Å². The minimum absolute atomic E-state index is 0.0305. The third-order valence-electron chi connectivity index (χ3n) is 5.30. The molecule has 0 fully saturated rings. The van der Waals surface area contributed by atoms with Crippen LogP contribution in [0.1, 0.15) is 25.0 Å². The number of fused-ring (bicyclic) bond motifs is 7. The molecule has 0 N–H and O–H groups in total. The molecular weight excluding hydrogens is 393 g/mol. The molecule has 23 heavy (non-hydrogen) atoms. The highest BCUT2D eigenvalue weighted by Crippen LogP contribution is 2.52. The molecule has 3 aromatic carbocycles. The molecule has 0 unspecified atom stereocenters. The summed E-state index contributed by atoms with van der Waals surface area (Å²) in [6.07, 6.45) is 0. The highest BCUT2D eigenvalue weighted by atomic mass is 127. The Bertz CT molecular complexity index is 1100.